The summed E-state index contributed by atoms with van der Waals surface area (Å²) in [6.07, 6.45) is 2.68. The van der Waals surface area contributed by atoms with Crippen molar-refractivity contribution in [1.29, 1.82) is 0 Å². The van der Waals surface area contributed by atoms with Gasteiger partial charge >= 0.3 is 5.97 Å². The number of aromatic carboxylic acids is 1. The van der Waals surface area contributed by atoms with E-state index in [9.17, 15) is 4.79 Å². The molecule has 0 radical (unpaired) electrons. The van der Waals surface area contributed by atoms with E-state index in [1.165, 1.54) is 0 Å². The summed E-state index contributed by atoms with van der Waals surface area (Å²) in [6.45, 7) is 7.86. The first kappa shape index (κ1) is 14.4. The number of nitrogens with zero attached hydrogens (tertiary/aromatic N) is 1. The summed E-state index contributed by atoms with van der Waals surface area (Å²) < 4.78 is 0. The molecule has 0 aliphatic heterocycles. The van der Waals surface area contributed by atoms with E-state index in [2.05, 4.69) is 4.99 Å². The van der Waals surface area contributed by atoms with Gasteiger partial charge < -0.3 is 5.11 Å². The minimum atomic E-state index is -0.904. The summed E-state index contributed by atoms with van der Waals surface area (Å²) in [5.74, 6) is -0.904. The van der Waals surface area contributed by atoms with Crippen molar-refractivity contribution < 1.29 is 9.90 Å². The summed E-state index contributed by atoms with van der Waals surface area (Å²) in [5, 5.41) is 8.74. The number of rotatable bonds is 3. The van der Waals surface area contributed by atoms with Crippen LogP contribution < -0.4 is 0 Å². The van der Waals surface area contributed by atoms with E-state index in [0.29, 0.717) is 5.56 Å². The Morgan fingerprint density at radius 3 is 2.50 bits per heavy atom. The van der Waals surface area contributed by atoms with E-state index in [-0.39, 0.29) is 0 Å². The lowest BCUT2D eigenvalue weighted by atomic mass is 10.1. The Kier molecular flexibility index (Phi) is 6.84. The fourth-order valence-electron chi connectivity index (χ4n) is 1.12. The molecule has 0 aliphatic carbocycles. The van der Waals surface area contributed by atoms with Gasteiger partial charge in [0.1, 0.15) is 0 Å². The van der Waals surface area contributed by atoms with Crippen molar-refractivity contribution in [2.75, 3.05) is 0 Å². The van der Waals surface area contributed by atoms with E-state index < -0.39 is 5.97 Å². The zero-order valence-electron chi connectivity index (χ0n) is 10.3. The normalized spacial score (nSPS) is 9.75. The largest absolute Gasteiger partial charge is 0.478 e. The van der Waals surface area contributed by atoms with Gasteiger partial charge in [0, 0.05) is 6.21 Å². The third-order valence-corrected chi connectivity index (χ3v) is 1.86. The molecule has 0 heterocycles. The van der Waals surface area contributed by atoms with Crippen molar-refractivity contribution in [2.24, 2.45) is 4.99 Å². The van der Waals surface area contributed by atoms with Crippen LogP contribution in [0.1, 0.15) is 43.1 Å². The molecular formula is C13H19NO2. The summed E-state index contributed by atoms with van der Waals surface area (Å²) in [5.41, 5.74) is 2.02. The van der Waals surface area contributed by atoms with Gasteiger partial charge in [0.25, 0.3) is 0 Å². The second kappa shape index (κ2) is 7.63. The van der Waals surface area contributed by atoms with Crippen LogP contribution in [0.15, 0.2) is 23.2 Å². The number of carboxylic acids is 1. The molecule has 0 amide bonds. The van der Waals surface area contributed by atoms with E-state index >= 15 is 0 Å². The molecule has 3 nitrogen and oxygen atoms in total. The van der Waals surface area contributed by atoms with E-state index in [1.807, 2.05) is 33.9 Å². The van der Waals surface area contributed by atoms with Gasteiger partial charge in [0.15, 0.2) is 0 Å². The van der Waals surface area contributed by atoms with Gasteiger partial charge in [-0.25, -0.2) is 4.79 Å². The van der Waals surface area contributed by atoms with Crippen LogP contribution in [0, 0.1) is 6.92 Å². The minimum Gasteiger partial charge on any atom is -0.478 e. The average Bonchev–Trinajstić information content (AvgIpc) is 2.30. The predicted octanol–water partition coefficient (Wildman–Crippen LogP) is 3.83. The highest BCUT2D eigenvalue weighted by Crippen LogP contribution is 2.19. The maximum Gasteiger partial charge on any atom is 0.335 e. The van der Waals surface area contributed by atoms with Crippen molar-refractivity contribution in [3.05, 3.63) is 29.3 Å². The number of aryl methyl sites for hydroxylation is 1. The predicted molar refractivity (Wildman–Crippen MR) is 67.9 cm³/mol. The molecule has 16 heavy (non-hydrogen) atoms. The smallest absolute Gasteiger partial charge is 0.335 e. The maximum atomic E-state index is 10.6. The fourth-order valence-corrected chi connectivity index (χ4v) is 1.12. The highest BCUT2D eigenvalue weighted by molar-refractivity contribution is 5.88. The molecule has 1 N–H and O–H groups in total. The van der Waals surface area contributed by atoms with Crippen LogP contribution in [0.5, 0.6) is 0 Å². The Bertz CT molecular complexity index is 370. The van der Waals surface area contributed by atoms with Gasteiger partial charge in [-0.1, -0.05) is 20.8 Å². The van der Waals surface area contributed by atoms with E-state index in [4.69, 9.17) is 5.11 Å². The molecule has 3 heteroatoms. The fraction of sp³-hybridized carbons (Fsp3) is 0.385. The Morgan fingerprint density at radius 2 is 2.06 bits per heavy atom. The topological polar surface area (TPSA) is 49.7 Å². The number of hydrogen-bond donors (Lipinski definition) is 1. The number of carbonyl (C=O) groups is 1. The molecule has 0 spiro atoms. The number of aliphatic imine (C=N–C) groups is 1. The lowest BCUT2D eigenvalue weighted by molar-refractivity contribution is 0.0697. The summed E-state index contributed by atoms with van der Waals surface area (Å²) in [7, 11) is 0. The van der Waals surface area contributed by atoms with Crippen LogP contribution in [0.3, 0.4) is 0 Å². The van der Waals surface area contributed by atoms with Crippen molar-refractivity contribution >= 4 is 17.9 Å². The first-order valence-corrected chi connectivity index (χ1v) is 5.51. The zero-order valence-corrected chi connectivity index (χ0v) is 10.3. The lowest BCUT2D eigenvalue weighted by Crippen LogP contribution is -1.95. The maximum absolute atomic E-state index is 10.6. The Hall–Kier alpha value is -1.64. The molecule has 1 aromatic carbocycles. The van der Waals surface area contributed by atoms with Gasteiger partial charge in [-0.3, -0.25) is 4.99 Å². The quantitative estimate of drug-likeness (QED) is 0.788. The highest BCUT2D eigenvalue weighted by Gasteiger charge is 2.03. The average molecular weight is 221 g/mol. The summed E-state index contributed by atoms with van der Waals surface area (Å²) in [6, 6.07) is 4.92. The van der Waals surface area contributed by atoms with Crippen LogP contribution in [-0.4, -0.2) is 17.3 Å². The standard InChI is InChI=1S/C11H13NO2.C2H6/c1-3-6-12-10-5-4-9(11(13)14)7-8(10)2;1-2/h4-7H,3H2,1-2H3,(H,13,14);1-2H3. The van der Waals surface area contributed by atoms with Gasteiger partial charge in [-0.05, 0) is 37.1 Å². The Morgan fingerprint density at radius 1 is 1.44 bits per heavy atom. The molecule has 0 saturated carbocycles. The molecule has 0 saturated heterocycles. The third-order valence-electron chi connectivity index (χ3n) is 1.86. The first-order valence-electron chi connectivity index (χ1n) is 5.51. The van der Waals surface area contributed by atoms with Gasteiger partial charge in [-0.15, -0.1) is 0 Å². The van der Waals surface area contributed by atoms with Crippen molar-refractivity contribution in [2.45, 2.75) is 34.1 Å². The molecule has 0 atom stereocenters. The molecule has 0 aromatic heterocycles. The van der Waals surface area contributed by atoms with Crippen LogP contribution >= 0.6 is 0 Å². The second-order valence-corrected chi connectivity index (χ2v) is 3.03. The van der Waals surface area contributed by atoms with Crippen molar-refractivity contribution in [3.8, 4) is 0 Å². The number of hydrogen-bond acceptors (Lipinski definition) is 2. The molecule has 0 fully saturated rings. The zero-order chi connectivity index (χ0) is 12.6. The first-order chi connectivity index (χ1) is 7.65. The van der Waals surface area contributed by atoms with E-state index in [1.54, 1.807) is 18.2 Å². The lowest BCUT2D eigenvalue weighted by Gasteiger charge is -2.00. The van der Waals surface area contributed by atoms with Crippen LogP contribution in [0.25, 0.3) is 0 Å². The van der Waals surface area contributed by atoms with Gasteiger partial charge in [0.05, 0.1) is 11.3 Å². The van der Waals surface area contributed by atoms with E-state index in [0.717, 1.165) is 17.7 Å². The molecular weight excluding hydrogens is 202 g/mol. The third kappa shape index (κ3) is 4.26. The monoisotopic (exact) mass is 221 g/mol. The highest BCUT2D eigenvalue weighted by atomic mass is 16.4. The van der Waals surface area contributed by atoms with Crippen LogP contribution in [0.2, 0.25) is 0 Å². The Balaban J connectivity index is 0.00000106. The summed E-state index contributed by atoms with van der Waals surface area (Å²) >= 11 is 0. The minimum absolute atomic E-state index is 0.304. The van der Waals surface area contributed by atoms with Crippen LogP contribution in [0.4, 0.5) is 5.69 Å². The molecule has 0 bridgehead atoms. The SMILES string of the molecule is CC.CCC=Nc1ccc(C(=O)O)cc1C. The molecule has 88 valence electrons. The van der Waals surface area contributed by atoms with Crippen molar-refractivity contribution in [3.63, 3.8) is 0 Å². The number of benzene rings is 1. The van der Waals surface area contributed by atoms with Crippen molar-refractivity contribution in [1.82, 2.24) is 0 Å². The molecule has 1 rings (SSSR count). The second-order valence-electron chi connectivity index (χ2n) is 3.03. The van der Waals surface area contributed by atoms with Gasteiger partial charge in [-0.2, -0.15) is 0 Å². The molecule has 0 aliphatic rings. The van der Waals surface area contributed by atoms with Crippen LogP contribution in [-0.2, 0) is 0 Å². The number of carboxylic acid groups (broad SMARTS) is 1. The molecule has 1 aromatic rings. The molecule has 0 unspecified atom stereocenters. The van der Waals surface area contributed by atoms with Gasteiger partial charge in [0.2, 0.25) is 0 Å². The Labute approximate surface area is 96.8 Å². The summed E-state index contributed by atoms with van der Waals surface area (Å²) in [4.78, 5) is 14.8.